The van der Waals surface area contributed by atoms with Crippen molar-refractivity contribution in [2.75, 3.05) is 0 Å². The molecule has 0 saturated heterocycles. The van der Waals surface area contributed by atoms with Gasteiger partial charge in [0.25, 0.3) is 0 Å². The van der Waals surface area contributed by atoms with Gasteiger partial charge in [0.15, 0.2) is 0 Å². The lowest BCUT2D eigenvalue weighted by Gasteiger charge is -2.15. The largest absolute Gasteiger partial charge is 0.320 e. The average Bonchev–Trinajstić information content (AvgIpc) is 2.28. The van der Waals surface area contributed by atoms with E-state index in [1.807, 2.05) is 30.3 Å². The van der Waals surface area contributed by atoms with Crippen molar-refractivity contribution in [3.05, 3.63) is 68.7 Å². The Balaban J connectivity index is 2.40. The molecule has 0 spiro atoms. The van der Waals surface area contributed by atoms with Gasteiger partial charge in [-0.1, -0.05) is 51.8 Å². The molecule has 0 aromatic heterocycles. The molecule has 1 nitrogen and oxygen atoms in total. The summed E-state index contributed by atoms with van der Waals surface area (Å²) in [5.41, 5.74) is 9.54. The first-order valence-electron chi connectivity index (χ1n) is 5.35. The topological polar surface area (TPSA) is 26.0 Å². The van der Waals surface area contributed by atoms with Crippen LogP contribution in [0.1, 0.15) is 22.7 Å². The highest BCUT2D eigenvalue weighted by molar-refractivity contribution is 9.10. The number of nitrogens with two attached hydrogens (primary N) is 1. The Bertz CT molecular complexity index is 539. The van der Waals surface area contributed by atoms with Gasteiger partial charge in [-0.2, -0.15) is 0 Å². The van der Waals surface area contributed by atoms with Crippen molar-refractivity contribution in [2.45, 2.75) is 13.0 Å². The first-order valence-corrected chi connectivity index (χ1v) is 6.52. The van der Waals surface area contributed by atoms with E-state index in [4.69, 9.17) is 17.3 Å². The van der Waals surface area contributed by atoms with Crippen LogP contribution in [0.5, 0.6) is 0 Å². The van der Waals surface area contributed by atoms with E-state index in [2.05, 4.69) is 35.0 Å². The van der Waals surface area contributed by atoms with Gasteiger partial charge in [-0.25, -0.2) is 0 Å². The fourth-order valence-corrected chi connectivity index (χ4v) is 2.70. The SMILES string of the molecule is Cc1ccc(C(N)c2cccc(Cl)c2)c(Br)c1. The van der Waals surface area contributed by atoms with E-state index in [-0.39, 0.29) is 6.04 Å². The second kappa shape index (κ2) is 5.21. The van der Waals surface area contributed by atoms with E-state index < -0.39 is 0 Å². The standard InChI is InChI=1S/C14H13BrClN/c1-9-5-6-12(13(15)7-9)14(17)10-3-2-4-11(16)8-10/h2-8,14H,17H2,1H3. The van der Waals surface area contributed by atoms with Gasteiger partial charge < -0.3 is 5.73 Å². The predicted molar refractivity (Wildman–Crippen MR) is 76.4 cm³/mol. The molecular formula is C14H13BrClN. The molecule has 0 aliphatic heterocycles. The number of hydrogen-bond acceptors (Lipinski definition) is 1. The van der Waals surface area contributed by atoms with E-state index >= 15 is 0 Å². The molecular weight excluding hydrogens is 298 g/mol. The van der Waals surface area contributed by atoms with Crippen molar-refractivity contribution in [3.63, 3.8) is 0 Å². The van der Waals surface area contributed by atoms with Crippen molar-refractivity contribution in [1.82, 2.24) is 0 Å². The fraction of sp³-hybridized carbons (Fsp3) is 0.143. The zero-order valence-corrected chi connectivity index (χ0v) is 11.8. The van der Waals surface area contributed by atoms with Crippen molar-refractivity contribution in [2.24, 2.45) is 5.73 Å². The molecule has 0 aliphatic rings. The van der Waals surface area contributed by atoms with Gasteiger partial charge in [0.1, 0.15) is 0 Å². The lowest BCUT2D eigenvalue weighted by molar-refractivity contribution is 0.865. The minimum atomic E-state index is -0.163. The van der Waals surface area contributed by atoms with Gasteiger partial charge in [0.05, 0.1) is 6.04 Å². The number of halogens is 2. The van der Waals surface area contributed by atoms with Gasteiger partial charge in [-0.3, -0.25) is 0 Å². The predicted octanol–water partition coefficient (Wildman–Crippen LogP) is 4.46. The van der Waals surface area contributed by atoms with E-state index in [1.165, 1.54) is 5.56 Å². The second-order valence-corrected chi connectivity index (χ2v) is 5.35. The Morgan fingerprint density at radius 2 is 1.94 bits per heavy atom. The Morgan fingerprint density at radius 3 is 2.59 bits per heavy atom. The summed E-state index contributed by atoms with van der Waals surface area (Å²) in [6.07, 6.45) is 0. The summed E-state index contributed by atoms with van der Waals surface area (Å²) in [4.78, 5) is 0. The third kappa shape index (κ3) is 2.89. The van der Waals surface area contributed by atoms with Crippen molar-refractivity contribution in [3.8, 4) is 0 Å². The molecule has 2 aromatic carbocycles. The summed E-state index contributed by atoms with van der Waals surface area (Å²) in [7, 11) is 0. The molecule has 0 radical (unpaired) electrons. The second-order valence-electron chi connectivity index (χ2n) is 4.06. The zero-order valence-electron chi connectivity index (χ0n) is 9.45. The van der Waals surface area contributed by atoms with Crippen LogP contribution in [0.25, 0.3) is 0 Å². The summed E-state index contributed by atoms with van der Waals surface area (Å²) < 4.78 is 1.03. The van der Waals surface area contributed by atoms with E-state index in [1.54, 1.807) is 0 Å². The molecule has 0 fully saturated rings. The molecule has 17 heavy (non-hydrogen) atoms. The lowest BCUT2D eigenvalue weighted by Crippen LogP contribution is -2.12. The number of rotatable bonds is 2. The van der Waals surface area contributed by atoms with Crippen LogP contribution in [-0.4, -0.2) is 0 Å². The molecule has 1 atom stereocenters. The van der Waals surface area contributed by atoms with Crippen LogP contribution in [0.15, 0.2) is 46.9 Å². The Hall–Kier alpha value is -0.830. The first-order chi connectivity index (χ1) is 8.08. The highest BCUT2D eigenvalue weighted by Gasteiger charge is 2.12. The van der Waals surface area contributed by atoms with Crippen LogP contribution < -0.4 is 5.73 Å². The molecule has 2 rings (SSSR count). The van der Waals surface area contributed by atoms with Crippen LogP contribution in [0, 0.1) is 6.92 Å². The van der Waals surface area contributed by atoms with Gasteiger partial charge >= 0.3 is 0 Å². The van der Waals surface area contributed by atoms with E-state index in [0.29, 0.717) is 5.02 Å². The summed E-state index contributed by atoms with van der Waals surface area (Å²) in [5.74, 6) is 0. The van der Waals surface area contributed by atoms with Crippen LogP contribution in [0.2, 0.25) is 5.02 Å². The lowest BCUT2D eigenvalue weighted by atomic mass is 9.99. The monoisotopic (exact) mass is 309 g/mol. The maximum absolute atomic E-state index is 6.25. The highest BCUT2D eigenvalue weighted by Crippen LogP contribution is 2.28. The molecule has 3 heteroatoms. The summed E-state index contributed by atoms with van der Waals surface area (Å²) in [5, 5.41) is 0.709. The van der Waals surface area contributed by atoms with Crippen LogP contribution in [-0.2, 0) is 0 Å². The van der Waals surface area contributed by atoms with Gasteiger partial charge in [0, 0.05) is 9.50 Å². The normalized spacial score (nSPS) is 12.5. The molecule has 0 heterocycles. The Morgan fingerprint density at radius 1 is 1.18 bits per heavy atom. The number of aryl methyl sites for hydroxylation is 1. The summed E-state index contributed by atoms with van der Waals surface area (Å²) in [6, 6.07) is 13.7. The molecule has 0 bridgehead atoms. The first kappa shape index (κ1) is 12.6. The quantitative estimate of drug-likeness (QED) is 0.871. The van der Waals surface area contributed by atoms with Gasteiger partial charge in [-0.15, -0.1) is 0 Å². The van der Waals surface area contributed by atoms with Crippen LogP contribution in [0.4, 0.5) is 0 Å². The summed E-state index contributed by atoms with van der Waals surface area (Å²) in [6.45, 7) is 2.06. The molecule has 1 unspecified atom stereocenters. The van der Waals surface area contributed by atoms with Crippen LogP contribution in [0.3, 0.4) is 0 Å². The van der Waals surface area contributed by atoms with Crippen LogP contribution >= 0.6 is 27.5 Å². The van der Waals surface area contributed by atoms with E-state index in [9.17, 15) is 0 Å². The fourth-order valence-electron chi connectivity index (χ4n) is 1.76. The summed E-state index contributed by atoms with van der Waals surface area (Å²) >= 11 is 9.52. The highest BCUT2D eigenvalue weighted by atomic mass is 79.9. The molecule has 0 saturated carbocycles. The third-order valence-electron chi connectivity index (χ3n) is 2.70. The molecule has 0 amide bonds. The molecule has 88 valence electrons. The molecule has 2 aromatic rings. The molecule has 0 aliphatic carbocycles. The van der Waals surface area contributed by atoms with E-state index in [0.717, 1.165) is 15.6 Å². The number of benzene rings is 2. The Kier molecular flexibility index (Phi) is 3.87. The minimum Gasteiger partial charge on any atom is -0.320 e. The Labute approximate surface area is 115 Å². The minimum absolute atomic E-state index is 0.163. The zero-order chi connectivity index (χ0) is 12.4. The average molecular weight is 311 g/mol. The smallest absolute Gasteiger partial charge is 0.0563 e. The van der Waals surface area contributed by atoms with Crippen molar-refractivity contribution >= 4 is 27.5 Å². The van der Waals surface area contributed by atoms with Crippen molar-refractivity contribution < 1.29 is 0 Å². The third-order valence-corrected chi connectivity index (χ3v) is 3.62. The van der Waals surface area contributed by atoms with Crippen molar-refractivity contribution in [1.29, 1.82) is 0 Å². The van der Waals surface area contributed by atoms with Gasteiger partial charge in [-0.05, 0) is 41.8 Å². The molecule has 2 N–H and O–H groups in total. The number of hydrogen-bond donors (Lipinski definition) is 1. The maximum atomic E-state index is 6.25. The van der Waals surface area contributed by atoms with Gasteiger partial charge in [0.2, 0.25) is 0 Å². The maximum Gasteiger partial charge on any atom is 0.0563 e.